The number of hydrogen-bond acceptors (Lipinski definition) is 2. The van der Waals surface area contributed by atoms with E-state index in [1.165, 1.54) is 11.3 Å². The highest BCUT2D eigenvalue weighted by Gasteiger charge is 2.06. The molecule has 0 aliphatic rings. The predicted octanol–water partition coefficient (Wildman–Crippen LogP) is 2.09. The molecule has 0 aromatic carbocycles. The van der Waals surface area contributed by atoms with Crippen molar-refractivity contribution in [2.75, 3.05) is 5.88 Å². The van der Waals surface area contributed by atoms with Crippen LogP contribution in [0.4, 0.5) is 0 Å². The van der Waals surface area contributed by atoms with Crippen molar-refractivity contribution < 1.29 is 0 Å². The molecule has 4 heteroatoms. The van der Waals surface area contributed by atoms with E-state index in [9.17, 15) is 4.79 Å². The van der Waals surface area contributed by atoms with Crippen molar-refractivity contribution in [3.63, 3.8) is 0 Å². The van der Waals surface area contributed by atoms with Crippen molar-refractivity contribution in [2.24, 2.45) is 5.92 Å². The number of halogens is 1. The van der Waals surface area contributed by atoms with E-state index >= 15 is 0 Å². The Balaban J connectivity index is 2.81. The lowest BCUT2D eigenvalue weighted by molar-refractivity contribution is 0.514. The molecular formula is C8H12ClNOS. The van der Waals surface area contributed by atoms with E-state index in [-0.39, 0.29) is 4.87 Å². The monoisotopic (exact) mass is 205 g/mol. The normalized spacial score (nSPS) is 13.2. The average molecular weight is 206 g/mol. The van der Waals surface area contributed by atoms with E-state index in [1.807, 2.05) is 19.2 Å². The molecule has 0 saturated carbocycles. The van der Waals surface area contributed by atoms with Gasteiger partial charge in [0.2, 0.25) is 0 Å². The van der Waals surface area contributed by atoms with Gasteiger partial charge < -0.3 is 4.57 Å². The maximum atomic E-state index is 11.2. The summed E-state index contributed by atoms with van der Waals surface area (Å²) in [5.41, 5.74) is 1.03. The molecule has 1 heterocycles. The van der Waals surface area contributed by atoms with Gasteiger partial charge in [-0.2, -0.15) is 0 Å². The molecule has 0 fully saturated rings. The van der Waals surface area contributed by atoms with Crippen LogP contribution in [0.15, 0.2) is 10.2 Å². The van der Waals surface area contributed by atoms with Crippen molar-refractivity contribution in [2.45, 2.75) is 20.4 Å². The van der Waals surface area contributed by atoms with Crippen LogP contribution < -0.4 is 4.87 Å². The second kappa shape index (κ2) is 4.10. The molecule has 1 atom stereocenters. The lowest BCUT2D eigenvalue weighted by Crippen LogP contribution is -2.19. The number of thiazole rings is 1. The standard InChI is InChI=1S/C8H12ClNOS/c1-6(3-9)4-10-7(2)5-12-8(10)11/h5-6H,3-4H2,1-2H3. The SMILES string of the molecule is Cc1csc(=O)n1CC(C)CCl. The van der Waals surface area contributed by atoms with E-state index in [0.29, 0.717) is 11.8 Å². The zero-order valence-electron chi connectivity index (χ0n) is 7.21. The second-order valence-electron chi connectivity index (χ2n) is 3.01. The number of aryl methyl sites for hydroxylation is 1. The van der Waals surface area contributed by atoms with Gasteiger partial charge in [-0.05, 0) is 12.8 Å². The van der Waals surface area contributed by atoms with E-state index in [1.54, 1.807) is 4.57 Å². The van der Waals surface area contributed by atoms with Gasteiger partial charge in [0.05, 0.1) is 0 Å². The fraction of sp³-hybridized carbons (Fsp3) is 0.625. The Morgan fingerprint density at radius 1 is 1.75 bits per heavy atom. The van der Waals surface area contributed by atoms with Gasteiger partial charge in [-0.3, -0.25) is 4.79 Å². The van der Waals surface area contributed by atoms with Crippen LogP contribution in [0.3, 0.4) is 0 Å². The smallest absolute Gasteiger partial charge is 0.303 e. The summed E-state index contributed by atoms with van der Waals surface area (Å²) in [5, 5.41) is 1.88. The second-order valence-corrected chi connectivity index (χ2v) is 4.14. The Kier molecular flexibility index (Phi) is 3.35. The lowest BCUT2D eigenvalue weighted by atomic mass is 10.2. The maximum absolute atomic E-state index is 11.2. The first kappa shape index (κ1) is 9.81. The highest BCUT2D eigenvalue weighted by Crippen LogP contribution is 2.05. The minimum atomic E-state index is 0.115. The highest BCUT2D eigenvalue weighted by molar-refractivity contribution is 7.07. The first-order valence-electron chi connectivity index (χ1n) is 3.86. The topological polar surface area (TPSA) is 22.0 Å². The van der Waals surface area contributed by atoms with Crippen LogP contribution in [-0.2, 0) is 6.54 Å². The van der Waals surface area contributed by atoms with Crippen LogP contribution in [-0.4, -0.2) is 10.4 Å². The van der Waals surface area contributed by atoms with Crippen LogP contribution >= 0.6 is 22.9 Å². The molecule has 0 aliphatic carbocycles. The molecular weight excluding hydrogens is 194 g/mol. The van der Waals surface area contributed by atoms with E-state index < -0.39 is 0 Å². The van der Waals surface area contributed by atoms with E-state index in [2.05, 4.69) is 0 Å². The largest absolute Gasteiger partial charge is 0.307 e. The molecule has 0 saturated heterocycles. The van der Waals surface area contributed by atoms with Crippen molar-refractivity contribution in [1.82, 2.24) is 4.57 Å². The molecule has 0 radical (unpaired) electrons. The Morgan fingerprint density at radius 2 is 2.42 bits per heavy atom. The molecule has 0 N–H and O–H groups in total. The van der Waals surface area contributed by atoms with Crippen LogP contribution in [0.2, 0.25) is 0 Å². The summed E-state index contributed by atoms with van der Waals surface area (Å²) in [5.74, 6) is 0.958. The lowest BCUT2D eigenvalue weighted by Gasteiger charge is -2.08. The number of aromatic nitrogens is 1. The number of rotatable bonds is 3. The fourth-order valence-electron chi connectivity index (χ4n) is 0.986. The molecule has 68 valence electrons. The number of nitrogens with zero attached hydrogens (tertiary/aromatic N) is 1. The Hall–Kier alpha value is -0.280. The minimum absolute atomic E-state index is 0.115. The van der Waals surface area contributed by atoms with Crippen molar-refractivity contribution in [3.8, 4) is 0 Å². The first-order chi connectivity index (χ1) is 5.65. The minimum Gasteiger partial charge on any atom is -0.303 e. The van der Waals surface area contributed by atoms with E-state index in [0.717, 1.165) is 12.2 Å². The molecule has 2 nitrogen and oxygen atoms in total. The summed E-state index contributed by atoms with van der Waals surface area (Å²) in [6.45, 7) is 4.72. The summed E-state index contributed by atoms with van der Waals surface area (Å²) in [6, 6.07) is 0. The quantitative estimate of drug-likeness (QED) is 0.693. The van der Waals surface area contributed by atoms with Gasteiger partial charge in [-0.1, -0.05) is 18.3 Å². The zero-order chi connectivity index (χ0) is 9.14. The van der Waals surface area contributed by atoms with Gasteiger partial charge in [-0.15, -0.1) is 11.6 Å². The first-order valence-corrected chi connectivity index (χ1v) is 5.27. The van der Waals surface area contributed by atoms with Crippen LogP contribution in [0, 0.1) is 12.8 Å². The summed E-state index contributed by atoms with van der Waals surface area (Å²) in [6.07, 6.45) is 0. The van der Waals surface area contributed by atoms with Gasteiger partial charge >= 0.3 is 4.87 Å². The van der Waals surface area contributed by atoms with E-state index in [4.69, 9.17) is 11.6 Å². The Bertz CT molecular complexity index is 304. The summed E-state index contributed by atoms with van der Waals surface area (Å²) in [7, 11) is 0. The molecule has 0 bridgehead atoms. The Labute approximate surface area is 80.8 Å². The molecule has 1 aromatic rings. The maximum Gasteiger partial charge on any atom is 0.307 e. The summed E-state index contributed by atoms with van der Waals surface area (Å²) >= 11 is 6.91. The summed E-state index contributed by atoms with van der Waals surface area (Å²) < 4.78 is 1.78. The van der Waals surface area contributed by atoms with Gasteiger partial charge in [0.15, 0.2) is 0 Å². The van der Waals surface area contributed by atoms with Crippen molar-refractivity contribution >= 4 is 22.9 Å². The third-order valence-electron chi connectivity index (χ3n) is 1.73. The molecule has 0 aliphatic heterocycles. The van der Waals surface area contributed by atoms with Gasteiger partial charge in [0.25, 0.3) is 0 Å². The number of hydrogen-bond donors (Lipinski definition) is 0. The molecule has 1 rings (SSSR count). The Morgan fingerprint density at radius 3 is 2.83 bits per heavy atom. The molecule has 12 heavy (non-hydrogen) atoms. The van der Waals surface area contributed by atoms with Crippen LogP contribution in [0.1, 0.15) is 12.6 Å². The van der Waals surface area contributed by atoms with Gasteiger partial charge in [0, 0.05) is 23.5 Å². The van der Waals surface area contributed by atoms with Crippen molar-refractivity contribution in [1.29, 1.82) is 0 Å². The predicted molar refractivity (Wildman–Crippen MR) is 53.2 cm³/mol. The van der Waals surface area contributed by atoms with Crippen LogP contribution in [0.25, 0.3) is 0 Å². The average Bonchev–Trinajstić information content (AvgIpc) is 2.35. The fourth-order valence-corrected chi connectivity index (χ4v) is 1.83. The molecule has 0 amide bonds. The van der Waals surface area contributed by atoms with Gasteiger partial charge in [-0.25, -0.2) is 0 Å². The van der Waals surface area contributed by atoms with Crippen LogP contribution in [0.5, 0.6) is 0 Å². The number of alkyl halides is 1. The molecule has 1 unspecified atom stereocenters. The third-order valence-corrected chi connectivity index (χ3v) is 3.14. The van der Waals surface area contributed by atoms with Gasteiger partial charge in [0.1, 0.15) is 0 Å². The molecule has 0 spiro atoms. The molecule has 1 aromatic heterocycles. The zero-order valence-corrected chi connectivity index (χ0v) is 8.78. The third kappa shape index (κ3) is 2.11. The summed E-state index contributed by atoms with van der Waals surface area (Å²) in [4.78, 5) is 11.3. The van der Waals surface area contributed by atoms with Crippen molar-refractivity contribution in [3.05, 3.63) is 20.7 Å². The highest BCUT2D eigenvalue weighted by atomic mass is 35.5.